The van der Waals surface area contributed by atoms with E-state index in [4.69, 9.17) is 15.2 Å². The molecule has 1 aromatic carbocycles. The van der Waals surface area contributed by atoms with Crippen LogP contribution >= 0.6 is 0 Å². The van der Waals surface area contributed by atoms with Crippen LogP contribution in [0.2, 0.25) is 0 Å². The van der Waals surface area contributed by atoms with Crippen LogP contribution in [0.4, 0.5) is 5.82 Å². The maximum absolute atomic E-state index is 13.1. The molecule has 0 saturated carbocycles. The third-order valence-electron chi connectivity index (χ3n) is 5.15. The number of anilines is 1. The Morgan fingerprint density at radius 2 is 2.06 bits per heavy atom. The van der Waals surface area contributed by atoms with E-state index in [1.807, 2.05) is 24.3 Å². The first-order chi connectivity index (χ1) is 16.7. The van der Waals surface area contributed by atoms with E-state index >= 15 is 0 Å². The highest BCUT2D eigenvalue weighted by Gasteiger charge is 2.26. The van der Waals surface area contributed by atoms with E-state index in [0.29, 0.717) is 32.1 Å². The Labute approximate surface area is 195 Å². The highest BCUT2D eigenvalue weighted by molar-refractivity contribution is 5.95. The fraction of sp³-hybridized carbons (Fsp3) is 0.429. The average molecular weight is 470 g/mol. The van der Waals surface area contributed by atoms with Gasteiger partial charge in [-0.1, -0.05) is 18.6 Å². The smallest absolute Gasteiger partial charge is 0.292 e. The molecule has 4 rings (SSSR count). The number of rotatable bonds is 10. The van der Waals surface area contributed by atoms with E-state index in [0.717, 1.165) is 37.2 Å². The van der Waals surface area contributed by atoms with Gasteiger partial charge < -0.3 is 15.2 Å². The Balaban J connectivity index is 1.47. The second-order valence-corrected chi connectivity index (χ2v) is 7.63. The first kappa shape index (κ1) is 23.3. The van der Waals surface area contributed by atoms with E-state index in [-0.39, 0.29) is 17.3 Å². The zero-order valence-corrected chi connectivity index (χ0v) is 18.9. The molecule has 2 aromatic heterocycles. The lowest BCUT2D eigenvalue weighted by atomic mass is 10.2. The number of carbonyl (C=O) groups is 1. The van der Waals surface area contributed by atoms with Gasteiger partial charge in [-0.25, -0.2) is 10.1 Å². The summed E-state index contributed by atoms with van der Waals surface area (Å²) in [6.45, 7) is 5.87. The molecule has 3 heterocycles. The molecular formula is C21H27N9O4. The van der Waals surface area contributed by atoms with Gasteiger partial charge in [0.1, 0.15) is 11.4 Å². The van der Waals surface area contributed by atoms with Crippen LogP contribution in [0.25, 0.3) is 5.82 Å². The third-order valence-corrected chi connectivity index (χ3v) is 5.15. The minimum atomic E-state index is -0.522. The number of hydrogen-bond donors (Lipinski definition) is 2. The molecule has 1 aliphatic rings. The van der Waals surface area contributed by atoms with Gasteiger partial charge in [-0.3, -0.25) is 9.69 Å². The van der Waals surface area contributed by atoms with Gasteiger partial charge in [-0.05, 0) is 46.6 Å². The first-order valence-electron chi connectivity index (χ1n) is 11.0. The van der Waals surface area contributed by atoms with Crippen LogP contribution in [-0.2, 0) is 11.3 Å². The summed E-state index contributed by atoms with van der Waals surface area (Å²) in [7, 11) is 0. The van der Waals surface area contributed by atoms with Crippen LogP contribution in [0.1, 0.15) is 41.5 Å². The van der Waals surface area contributed by atoms with Crippen molar-refractivity contribution in [3.8, 4) is 11.6 Å². The van der Waals surface area contributed by atoms with Crippen molar-refractivity contribution in [2.75, 3.05) is 38.6 Å². The second-order valence-electron chi connectivity index (χ2n) is 7.63. The number of unbranched alkanes of at least 4 members (excludes halogenated alkanes) is 1. The van der Waals surface area contributed by atoms with Gasteiger partial charge >= 0.3 is 0 Å². The molecule has 3 N–H and O–H groups in total. The van der Waals surface area contributed by atoms with Crippen molar-refractivity contribution in [2.24, 2.45) is 5.10 Å². The van der Waals surface area contributed by atoms with Crippen LogP contribution in [0.3, 0.4) is 0 Å². The average Bonchev–Trinajstić information content (AvgIpc) is 3.46. The molecule has 0 aliphatic carbocycles. The SMILES string of the molecule is CCCCOc1ccc(/C=N\NC(=O)c2c(CN3CCOCC3)nnn2-c2nonc2N)cc1. The Hall–Kier alpha value is -3.84. The zero-order chi connectivity index (χ0) is 23.8. The number of ether oxygens (including phenoxy) is 2. The number of nitrogens with one attached hydrogen (secondary N) is 1. The molecule has 1 amide bonds. The molecule has 0 radical (unpaired) electrons. The Kier molecular flexibility index (Phi) is 7.78. The molecule has 0 atom stereocenters. The molecule has 1 fully saturated rings. The van der Waals surface area contributed by atoms with Crippen molar-refractivity contribution in [1.29, 1.82) is 0 Å². The van der Waals surface area contributed by atoms with Gasteiger partial charge in [-0.2, -0.15) is 9.78 Å². The van der Waals surface area contributed by atoms with Crippen molar-refractivity contribution in [2.45, 2.75) is 26.3 Å². The number of benzene rings is 1. The minimum absolute atomic E-state index is 0.0124. The number of hydrogen-bond acceptors (Lipinski definition) is 11. The summed E-state index contributed by atoms with van der Waals surface area (Å²) >= 11 is 0. The predicted molar refractivity (Wildman–Crippen MR) is 122 cm³/mol. The maximum atomic E-state index is 13.1. The van der Waals surface area contributed by atoms with E-state index < -0.39 is 5.91 Å². The van der Waals surface area contributed by atoms with Crippen LogP contribution < -0.4 is 15.9 Å². The number of carbonyl (C=O) groups excluding carboxylic acids is 1. The van der Waals surface area contributed by atoms with Crippen molar-refractivity contribution in [3.63, 3.8) is 0 Å². The van der Waals surface area contributed by atoms with Crippen LogP contribution in [0.5, 0.6) is 5.75 Å². The predicted octanol–water partition coefficient (Wildman–Crippen LogP) is 1.01. The number of hydrazone groups is 1. The number of nitrogens with two attached hydrogens (primary N) is 1. The number of morpholine rings is 1. The molecule has 0 spiro atoms. The van der Waals surface area contributed by atoms with Crippen LogP contribution in [0, 0.1) is 0 Å². The zero-order valence-electron chi connectivity index (χ0n) is 18.9. The molecule has 3 aromatic rings. The molecule has 1 aliphatic heterocycles. The van der Waals surface area contributed by atoms with Gasteiger partial charge in [0.15, 0.2) is 5.69 Å². The number of nitrogen functional groups attached to an aromatic ring is 1. The highest BCUT2D eigenvalue weighted by atomic mass is 16.6. The Bertz CT molecular complexity index is 1100. The van der Waals surface area contributed by atoms with Crippen LogP contribution in [0.15, 0.2) is 34.0 Å². The summed E-state index contributed by atoms with van der Waals surface area (Å²) in [6.07, 6.45) is 3.62. The molecule has 0 bridgehead atoms. The largest absolute Gasteiger partial charge is 0.494 e. The summed E-state index contributed by atoms with van der Waals surface area (Å²) in [4.78, 5) is 15.2. The van der Waals surface area contributed by atoms with Gasteiger partial charge in [-0.15, -0.1) is 5.10 Å². The molecule has 13 nitrogen and oxygen atoms in total. The monoisotopic (exact) mass is 469 g/mol. The third kappa shape index (κ3) is 5.74. The second kappa shape index (κ2) is 11.3. The molecular weight excluding hydrogens is 442 g/mol. The normalized spacial score (nSPS) is 14.5. The van der Waals surface area contributed by atoms with Crippen molar-refractivity contribution in [1.82, 2.24) is 35.6 Å². The quantitative estimate of drug-likeness (QED) is 0.249. The fourth-order valence-corrected chi connectivity index (χ4v) is 3.31. The van der Waals surface area contributed by atoms with Gasteiger partial charge in [0.2, 0.25) is 11.6 Å². The van der Waals surface area contributed by atoms with Crippen molar-refractivity contribution in [3.05, 3.63) is 41.2 Å². The topological polar surface area (TPSA) is 159 Å². The lowest BCUT2D eigenvalue weighted by Gasteiger charge is -2.25. The molecule has 13 heteroatoms. The van der Waals surface area contributed by atoms with E-state index in [2.05, 4.69) is 47.6 Å². The molecule has 180 valence electrons. The van der Waals surface area contributed by atoms with Gasteiger partial charge in [0.25, 0.3) is 5.91 Å². The fourth-order valence-electron chi connectivity index (χ4n) is 3.31. The van der Waals surface area contributed by atoms with Gasteiger partial charge in [0.05, 0.1) is 26.0 Å². The lowest BCUT2D eigenvalue weighted by Crippen LogP contribution is -2.36. The number of aromatic nitrogens is 5. The summed E-state index contributed by atoms with van der Waals surface area (Å²) in [5.41, 5.74) is 9.73. The Morgan fingerprint density at radius 1 is 1.26 bits per heavy atom. The highest BCUT2D eigenvalue weighted by Crippen LogP contribution is 2.17. The summed E-state index contributed by atoms with van der Waals surface area (Å²) in [5, 5.41) is 19.6. The van der Waals surface area contributed by atoms with Crippen LogP contribution in [-0.4, -0.2) is 75.2 Å². The summed E-state index contributed by atoms with van der Waals surface area (Å²) in [5.74, 6) is 0.331. The van der Waals surface area contributed by atoms with Crippen molar-refractivity contribution < 1.29 is 18.9 Å². The first-order valence-corrected chi connectivity index (χ1v) is 11.0. The Morgan fingerprint density at radius 3 is 2.76 bits per heavy atom. The molecule has 34 heavy (non-hydrogen) atoms. The van der Waals surface area contributed by atoms with E-state index in [1.165, 1.54) is 10.9 Å². The lowest BCUT2D eigenvalue weighted by molar-refractivity contribution is 0.0335. The van der Waals surface area contributed by atoms with E-state index in [1.54, 1.807) is 0 Å². The maximum Gasteiger partial charge on any atom is 0.292 e. The number of nitrogens with zero attached hydrogens (tertiary/aromatic N) is 7. The van der Waals surface area contributed by atoms with E-state index in [9.17, 15) is 4.79 Å². The van der Waals surface area contributed by atoms with Gasteiger partial charge in [0, 0.05) is 19.6 Å². The summed E-state index contributed by atoms with van der Waals surface area (Å²) in [6, 6.07) is 7.43. The number of amides is 1. The summed E-state index contributed by atoms with van der Waals surface area (Å²) < 4.78 is 16.9. The van der Waals surface area contributed by atoms with Crippen molar-refractivity contribution >= 4 is 17.9 Å². The molecule has 1 saturated heterocycles. The minimum Gasteiger partial charge on any atom is -0.494 e. The standard InChI is InChI=1S/C21H27N9O4/c1-2-3-10-33-16-6-4-15(5-7-16)13-23-25-21(31)18-17(14-29-8-11-32-12-9-29)24-28-30(18)20-19(22)26-34-27-20/h4-7,13H,2-3,8-12,14H2,1H3,(H2,22,26)(H,25,31)/b23-13-. The molecule has 0 unspecified atom stereocenters.